The largest absolute Gasteiger partial charge is 0.510 e. The second-order valence-corrected chi connectivity index (χ2v) is 13.5. The van der Waals surface area contributed by atoms with E-state index in [4.69, 9.17) is 23.7 Å². The van der Waals surface area contributed by atoms with Crippen LogP contribution in [-0.4, -0.2) is 84.3 Å². The van der Waals surface area contributed by atoms with Crippen LogP contribution >= 0.6 is 0 Å². The van der Waals surface area contributed by atoms with Crippen molar-refractivity contribution in [3.63, 3.8) is 0 Å². The molecule has 0 aromatic heterocycles. The smallest absolute Gasteiger partial charge is 0.430 e. The quantitative estimate of drug-likeness (QED) is 0.102. The molecule has 3 saturated carbocycles. The second-order valence-electron chi connectivity index (χ2n) is 13.5. The van der Waals surface area contributed by atoms with Gasteiger partial charge >= 0.3 is 12.3 Å². The Kier molecular flexibility index (Phi) is 10.3. The third-order valence-corrected chi connectivity index (χ3v) is 10.8. The number of ether oxygens (including phenoxy) is 6. The normalized spacial score (nSPS) is 36.9. The van der Waals surface area contributed by atoms with E-state index in [-0.39, 0.29) is 43.2 Å². The summed E-state index contributed by atoms with van der Waals surface area (Å²) in [6.45, 7) is 6.04. The highest BCUT2D eigenvalue weighted by Crippen LogP contribution is 2.69. The van der Waals surface area contributed by atoms with Crippen LogP contribution in [0.5, 0.6) is 0 Å². The van der Waals surface area contributed by atoms with E-state index in [1.165, 1.54) is 12.2 Å². The highest BCUT2D eigenvalue weighted by Gasteiger charge is 2.75. The zero-order valence-electron chi connectivity index (χ0n) is 27.5. The fraction of sp³-hybridized carbons (Fsp3) is 0.697. The van der Waals surface area contributed by atoms with Gasteiger partial charge in [-0.05, 0) is 75.2 Å². The first kappa shape index (κ1) is 35.5. The lowest BCUT2D eigenvalue weighted by atomic mass is 9.46. The number of hydrogen-bond acceptors (Lipinski definition) is 14. The van der Waals surface area contributed by atoms with Gasteiger partial charge in [0.25, 0.3) is 5.09 Å². The molecule has 10 atom stereocenters. The summed E-state index contributed by atoms with van der Waals surface area (Å²) in [6.07, 6.45) is 5.85. The van der Waals surface area contributed by atoms with Gasteiger partial charge in [0.2, 0.25) is 12.1 Å². The van der Waals surface area contributed by atoms with Crippen LogP contribution in [-0.2, 0) is 42.8 Å². The Hall–Kier alpha value is -3.82. The molecule has 0 spiro atoms. The lowest BCUT2D eigenvalue weighted by Gasteiger charge is -2.59. The zero-order chi connectivity index (χ0) is 34.9. The maximum atomic E-state index is 14.2. The Bertz CT molecular complexity index is 1390. The topological polar surface area (TPSA) is 196 Å². The van der Waals surface area contributed by atoms with Crippen LogP contribution in [0.1, 0.15) is 66.2 Å². The maximum absolute atomic E-state index is 14.2. The van der Waals surface area contributed by atoms with E-state index in [0.29, 0.717) is 12.8 Å². The van der Waals surface area contributed by atoms with Crippen molar-refractivity contribution in [2.45, 2.75) is 96.6 Å². The van der Waals surface area contributed by atoms with Gasteiger partial charge in [-0.1, -0.05) is 38.8 Å². The zero-order valence-corrected chi connectivity index (χ0v) is 27.5. The molecule has 4 aliphatic carbocycles. The number of fused-ring (bicyclic) bond motifs is 7. The Balaban J connectivity index is 1.21. The van der Waals surface area contributed by atoms with Crippen LogP contribution in [0.4, 0.5) is 9.59 Å². The minimum Gasteiger partial charge on any atom is -0.430 e. The number of aliphatic hydroxyl groups excluding tert-OH is 1. The number of carbonyl (C=O) groups excluding carboxylic acids is 4. The molecular weight excluding hydrogens is 634 g/mol. The third-order valence-electron chi connectivity index (χ3n) is 10.8. The fourth-order valence-electron chi connectivity index (χ4n) is 8.96. The van der Waals surface area contributed by atoms with Crippen LogP contribution in [0.2, 0.25) is 0 Å². The minimum atomic E-state index is -1.45. The number of hydrogen-bond donors (Lipinski definition) is 1. The van der Waals surface area contributed by atoms with Gasteiger partial charge in [-0.3, -0.25) is 14.4 Å². The van der Waals surface area contributed by atoms with E-state index in [2.05, 4.69) is 16.5 Å². The molecule has 4 fully saturated rings. The molecule has 0 radical (unpaired) electrons. The Morgan fingerprint density at radius 3 is 2.56 bits per heavy atom. The number of rotatable bonds is 12. The van der Waals surface area contributed by atoms with Gasteiger partial charge in [0.05, 0.1) is 12.2 Å². The number of allylic oxidation sites excluding steroid dienone is 4. The van der Waals surface area contributed by atoms with Gasteiger partial charge in [-0.25, -0.2) is 9.59 Å². The predicted molar refractivity (Wildman–Crippen MR) is 162 cm³/mol. The average Bonchev–Trinajstić information content (AvgIpc) is 3.49. The van der Waals surface area contributed by atoms with Crippen LogP contribution in [0, 0.1) is 38.7 Å². The summed E-state index contributed by atoms with van der Waals surface area (Å²) in [6, 6.07) is 0. The first-order valence-corrected chi connectivity index (χ1v) is 16.3. The number of aliphatic hydroxyl groups is 1. The summed E-state index contributed by atoms with van der Waals surface area (Å²) in [5, 5.41) is 20.9. The van der Waals surface area contributed by atoms with Gasteiger partial charge in [0, 0.05) is 16.7 Å². The Labute approximate surface area is 277 Å². The summed E-state index contributed by atoms with van der Waals surface area (Å²) in [5.74, 6) is -0.611. The van der Waals surface area contributed by atoms with Crippen molar-refractivity contribution in [3.8, 4) is 0 Å². The molecule has 1 aliphatic heterocycles. The molecule has 1 N–H and O–H groups in total. The number of carbonyl (C=O) groups is 4. The van der Waals surface area contributed by atoms with Crippen molar-refractivity contribution in [1.82, 2.24) is 0 Å². The molecule has 15 nitrogen and oxygen atoms in total. The van der Waals surface area contributed by atoms with Crippen LogP contribution in [0.25, 0.3) is 0 Å². The molecule has 48 heavy (non-hydrogen) atoms. The lowest BCUT2D eigenvalue weighted by Crippen LogP contribution is -2.63. The second kappa shape index (κ2) is 14.0. The van der Waals surface area contributed by atoms with E-state index in [9.17, 15) is 34.4 Å². The molecule has 5 aliphatic rings. The van der Waals surface area contributed by atoms with Gasteiger partial charge < -0.3 is 33.5 Å². The molecule has 15 heteroatoms. The van der Waals surface area contributed by atoms with E-state index in [0.717, 1.165) is 31.8 Å². The molecule has 5 rings (SSSR count). The van der Waals surface area contributed by atoms with Crippen molar-refractivity contribution >= 4 is 23.9 Å². The van der Waals surface area contributed by atoms with E-state index >= 15 is 0 Å². The van der Waals surface area contributed by atoms with Crippen molar-refractivity contribution in [1.29, 1.82) is 0 Å². The molecular formula is C33H43NO14. The number of nitrogens with zero attached hydrogens (tertiary/aromatic N) is 1. The highest BCUT2D eigenvalue weighted by atomic mass is 17.0. The average molecular weight is 678 g/mol. The monoisotopic (exact) mass is 677 g/mol. The van der Waals surface area contributed by atoms with Crippen LogP contribution < -0.4 is 0 Å². The van der Waals surface area contributed by atoms with Gasteiger partial charge in [0.15, 0.2) is 24.3 Å². The van der Waals surface area contributed by atoms with Crippen molar-refractivity contribution in [2.24, 2.45) is 28.6 Å². The molecule has 264 valence electrons. The highest BCUT2D eigenvalue weighted by molar-refractivity contribution is 6.01. The summed E-state index contributed by atoms with van der Waals surface area (Å²) >= 11 is 0. The molecule has 0 aromatic carbocycles. The predicted octanol–water partition coefficient (Wildman–Crippen LogP) is 4.14. The first-order chi connectivity index (χ1) is 22.7. The van der Waals surface area contributed by atoms with E-state index in [1.54, 1.807) is 12.2 Å². The summed E-state index contributed by atoms with van der Waals surface area (Å²) in [4.78, 5) is 64.5. The molecule has 2 unspecified atom stereocenters. The van der Waals surface area contributed by atoms with Crippen LogP contribution in [0.3, 0.4) is 0 Å². The standard InChI is InChI=1S/C33H43NO14/c1-5-8-27-46-26-16-23-22-10-9-20-15-21(35)11-12-31(20,3)28(22)24(36)17-32(23,4)33(26,47-27)25(37)18-44-29(38)42-13-6-7-14-43-30(39)45-19(2)48-34(40)41/h6-7,11-12,15,19,22-24,26-28,36H,5,8-10,13-14,16-18H2,1-4H3/b7-6-/t19?,22-,23-,24-,26+,27?,28+,31-,32-,33+/m0/s1. The fourth-order valence-corrected chi connectivity index (χ4v) is 8.96. The summed E-state index contributed by atoms with van der Waals surface area (Å²) < 4.78 is 32.4. The molecule has 1 heterocycles. The van der Waals surface area contributed by atoms with Crippen molar-refractivity contribution < 1.29 is 62.6 Å². The van der Waals surface area contributed by atoms with Crippen molar-refractivity contribution in [2.75, 3.05) is 19.8 Å². The number of ketones is 2. The van der Waals surface area contributed by atoms with Gasteiger partial charge in [-0.15, -0.1) is 10.1 Å². The first-order valence-electron chi connectivity index (χ1n) is 16.3. The van der Waals surface area contributed by atoms with E-state index in [1.807, 2.05) is 19.9 Å². The van der Waals surface area contributed by atoms with Crippen molar-refractivity contribution in [3.05, 3.63) is 46.1 Å². The molecule has 0 bridgehead atoms. The Morgan fingerprint density at radius 2 is 1.88 bits per heavy atom. The van der Waals surface area contributed by atoms with E-state index < -0.39 is 71.0 Å². The maximum Gasteiger partial charge on any atom is 0.510 e. The van der Waals surface area contributed by atoms with Gasteiger partial charge in [-0.2, -0.15) is 0 Å². The summed E-state index contributed by atoms with van der Waals surface area (Å²) in [7, 11) is 0. The Morgan fingerprint density at radius 1 is 1.17 bits per heavy atom. The SMILES string of the molecule is CCCC1O[C@@H]2C[C@H]3[C@@H]4CCC5=CC(=O)C=C[C@]5(C)[C@H]4[C@@H](O)C[C@]3(C)[C@]2(C(=O)COC(=O)OC/C=C\COC(=O)OC(C)O[N+](=O)[O-])O1. The lowest BCUT2D eigenvalue weighted by molar-refractivity contribution is -0.777. The third kappa shape index (κ3) is 6.47. The van der Waals surface area contributed by atoms with Crippen LogP contribution in [0.15, 0.2) is 36.0 Å². The molecule has 1 saturated heterocycles. The molecule has 0 aromatic rings. The summed E-state index contributed by atoms with van der Waals surface area (Å²) in [5.41, 5.74) is -1.69. The van der Waals surface area contributed by atoms with Gasteiger partial charge in [0.1, 0.15) is 13.2 Å². The minimum absolute atomic E-state index is 0.0211. The molecule has 0 amide bonds. The number of Topliss-reactive ketones (excluding diaryl/α,β-unsaturated/α-hetero) is 1.